The molecule has 0 bridgehead atoms. The van der Waals surface area contributed by atoms with Crippen LogP contribution in [0.4, 0.5) is 10.2 Å². The number of hydrogen-bond acceptors (Lipinski definition) is 5. The van der Waals surface area contributed by atoms with Crippen LogP contribution in [0.3, 0.4) is 0 Å². The van der Waals surface area contributed by atoms with Crippen molar-refractivity contribution in [1.29, 1.82) is 0 Å². The Kier molecular flexibility index (Phi) is 3.90. The van der Waals surface area contributed by atoms with Gasteiger partial charge in [-0.2, -0.15) is 4.39 Å². The summed E-state index contributed by atoms with van der Waals surface area (Å²) in [5, 5.41) is 0. The normalized spacial score (nSPS) is 20.1. The van der Waals surface area contributed by atoms with Crippen LogP contribution in [0.25, 0.3) is 6.08 Å². The topological polar surface area (TPSA) is 74.4 Å². The zero-order valence-electron chi connectivity index (χ0n) is 12.5. The molecule has 2 rings (SSSR count). The van der Waals surface area contributed by atoms with Crippen molar-refractivity contribution in [3.63, 3.8) is 0 Å². The third-order valence-corrected chi connectivity index (χ3v) is 3.79. The van der Waals surface area contributed by atoms with Gasteiger partial charge in [-0.25, -0.2) is 4.98 Å². The zero-order valence-corrected chi connectivity index (χ0v) is 12.5. The Bertz CT molecular complexity index is 586. The van der Waals surface area contributed by atoms with Crippen molar-refractivity contribution in [3.05, 3.63) is 29.4 Å². The maximum absolute atomic E-state index is 12.7. The van der Waals surface area contributed by atoms with Crippen LogP contribution in [0.2, 0.25) is 0 Å². The van der Waals surface area contributed by atoms with E-state index in [0.717, 1.165) is 0 Å². The molecule has 0 aliphatic carbocycles. The molecule has 2 heterocycles. The van der Waals surface area contributed by atoms with Gasteiger partial charge in [-0.1, -0.05) is 5.98 Å². The van der Waals surface area contributed by atoms with Gasteiger partial charge >= 0.3 is 13.2 Å². The second-order valence-corrected chi connectivity index (χ2v) is 5.96. The predicted octanol–water partition coefficient (Wildman–Crippen LogP) is 2.42. The summed E-state index contributed by atoms with van der Waals surface area (Å²) in [5.74, 6) is 1.73. The lowest BCUT2D eigenvalue weighted by Gasteiger charge is -2.32. The maximum Gasteiger partial charge on any atom is 0.487 e. The summed E-state index contributed by atoms with van der Waals surface area (Å²) < 4.78 is 24.3. The third-order valence-electron chi connectivity index (χ3n) is 3.79. The summed E-state index contributed by atoms with van der Waals surface area (Å²) in [6, 6.07) is 0.962. The van der Waals surface area contributed by atoms with Gasteiger partial charge in [0.1, 0.15) is 5.82 Å². The quantitative estimate of drug-likeness (QED) is 0.684. The molecule has 0 aromatic carbocycles. The molecule has 2 N–H and O–H groups in total. The monoisotopic (exact) mass is 292 g/mol. The van der Waals surface area contributed by atoms with Crippen LogP contribution in [0.1, 0.15) is 43.7 Å². The number of pyridine rings is 1. The van der Waals surface area contributed by atoms with Crippen molar-refractivity contribution >= 4 is 25.0 Å². The largest absolute Gasteiger partial charge is 0.487 e. The first-order valence-electron chi connectivity index (χ1n) is 6.62. The van der Waals surface area contributed by atoms with E-state index in [1.807, 2.05) is 27.7 Å². The predicted molar refractivity (Wildman–Crippen MR) is 79.2 cm³/mol. The summed E-state index contributed by atoms with van der Waals surface area (Å²) >= 11 is 0. The number of aromatic nitrogens is 1. The van der Waals surface area contributed by atoms with E-state index in [0.29, 0.717) is 5.69 Å². The smallest absolute Gasteiger partial charge is 0.400 e. The number of nitrogen functional groups attached to an aromatic ring is 1. The fraction of sp³-hybridized carbons (Fsp3) is 0.429. The van der Waals surface area contributed by atoms with Crippen molar-refractivity contribution in [3.8, 4) is 0 Å². The van der Waals surface area contributed by atoms with Gasteiger partial charge in [0.05, 0.1) is 22.5 Å². The Morgan fingerprint density at radius 3 is 2.38 bits per heavy atom. The molecular weight excluding hydrogens is 274 g/mol. The van der Waals surface area contributed by atoms with Crippen molar-refractivity contribution in [1.82, 2.24) is 4.98 Å². The molecule has 1 saturated heterocycles. The van der Waals surface area contributed by atoms with Crippen molar-refractivity contribution in [2.75, 3.05) is 5.73 Å². The summed E-state index contributed by atoms with van der Waals surface area (Å²) in [5.41, 5.74) is 4.90. The van der Waals surface area contributed by atoms with Gasteiger partial charge < -0.3 is 15.0 Å². The molecule has 0 amide bonds. The highest BCUT2D eigenvalue weighted by Gasteiger charge is 2.50. The summed E-state index contributed by atoms with van der Waals surface area (Å²) in [6.07, 6.45) is 1.59. The first-order chi connectivity index (χ1) is 9.60. The van der Waals surface area contributed by atoms with Gasteiger partial charge in [0.15, 0.2) is 0 Å². The molecule has 7 heteroatoms. The minimum absolute atomic E-state index is 0.0760. The first-order valence-corrected chi connectivity index (χ1v) is 6.62. The molecule has 1 fully saturated rings. The van der Waals surface area contributed by atoms with E-state index in [-0.39, 0.29) is 11.4 Å². The maximum atomic E-state index is 12.7. The molecule has 0 spiro atoms. The van der Waals surface area contributed by atoms with Crippen LogP contribution in [-0.4, -0.2) is 29.3 Å². The minimum Gasteiger partial charge on any atom is -0.400 e. The number of carbonyl (C=O) groups is 1. The molecule has 112 valence electrons. The lowest BCUT2D eigenvalue weighted by molar-refractivity contribution is 0.00578. The standard InChI is InChI=1S/C14H18BFN2O3/c1-13(2)14(3,4)21-15(20-13)6-5-10-7-9(12(16)19)8-11(17)18-10/h5-8H,1-4H3,(H2,17,18)/b6-5+. The van der Waals surface area contributed by atoms with Crippen LogP contribution in [0.5, 0.6) is 0 Å². The molecule has 0 unspecified atom stereocenters. The minimum atomic E-state index is -1.55. The van der Waals surface area contributed by atoms with Crippen molar-refractivity contribution in [2.45, 2.75) is 38.9 Å². The first kappa shape index (κ1) is 15.7. The highest BCUT2D eigenvalue weighted by molar-refractivity contribution is 6.52. The number of hydrogen-bond donors (Lipinski definition) is 1. The molecule has 0 radical (unpaired) electrons. The van der Waals surface area contributed by atoms with Gasteiger partial charge in [-0.05, 0) is 45.9 Å². The molecule has 1 aromatic rings. The molecule has 21 heavy (non-hydrogen) atoms. The summed E-state index contributed by atoms with van der Waals surface area (Å²) in [7, 11) is -0.539. The lowest BCUT2D eigenvalue weighted by Crippen LogP contribution is -2.41. The Balaban J connectivity index is 2.18. The number of nitrogens with two attached hydrogens (primary N) is 1. The van der Waals surface area contributed by atoms with Crippen LogP contribution in [-0.2, 0) is 9.31 Å². The second-order valence-electron chi connectivity index (χ2n) is 5.96. The average molecular weight is 292 g/mol. The summed E-state index contributed by atoms with van der Waals surface area (Å²) in [4.78, 5) is 14.8. The van der Waals surface area contributed by atoms with Gasteiger partial charge in [0.2, 0.25) is 0 Å². The van der Waals surface area contributed by atoms with E-state index in [4.69, 9.17) is 15.0 Å². The van der Waals surface area contributed by atoms with Gasteiger partial charge in [-0.3, -0.25) is 4.79 Å². The molecule has 5 nitrogen and oxygen atoms in total. The second kappa shape index (κ2) is 5.24. The fourth-order valence-corrected chi connectivity index (χ4v) is 1.92. The number of anilines is 1. The van der Waals surface area contributed by atoms with Gasteiger partial charge in [0, 0.05) is 0 Å². The van der Waals surface area contributed by atoms with E-state index in [1.54, 1.807) is 12.1 Å². The molecule has 1 aromatic heterocycles. The van der Waals surface area contributed by atoms with Crippen LogP contribution < -0.4 is 5.73 Å². The molecular formula is C14H18BFN2O3. The lowest BCUT2D eigenvalue weighted by atomic mass is 9.89. The van der Waals surface area contributed by atoms with Gasteiger partial charge in [0.25, 0.3) is 0 Å². The van der Waals surface area contributed by atoms with Crippen LogP contribution in [0.15, 0.2) is 18.1 Å². The Morgan fingerprint density at radius 2 is 1.86 bits per heavy atom. The van der Waals surface area contributed by atoms with Crippen LogP contribution >= 0.6 is 0 Å². The zero-order chi connectivity index (χ0) is 15.8. The highest BCUT2D eigenvalue weighted by atomic mass is 19.1. The van der Waals surface area contributed by atoms with E-state index in [1.165, 1.54) is 12.1 Å². The highest BCUT2D eigenvalue weighted by Crippen LogP contribution is 2.37. The summed E-state index contributed by atoms with van der Waals surface area (Å²) in [6.45, 7) is 7.78. The number of rotatable bonds is 3. The average Bonchev–Trinajstić information content (AvgIpc) is 2.54. The van der Waals surface area contributed by atoms with E-state index >= 15 is 0 Å². The third kappa shape index (κ3) is 3.30. The van der Waals surface area contributed by atoms with Crippen LogP contribution in [0, 0.1) is 0 Å². The number of carbonyl (C=O) groups excluding carboxylic acids is 1. The number of halogens is 1. The van der Waals surface area contributed by atoms with E-state index in [2.05, 4.69) is 4.98 Å². The van der Waals surface area contributed by atoms with Crippen molar-refractivity contribution in [2.24, 2.45) is 0 Å². The Hall–Kier alpha value is -1.73. The molecule has 0 atom stereocenters. The molecule has 1 aliphatic rings. The Labute approximate surface area is 123 Å². The van der Waals surface area contributed by atoms with Crippen molar-refractivity contribution < 1.29 is 18.5 Å². The fourth-order valence-electron chi connectivity index (χ4n) is 1.92. The number of nitrogens with zero attached hydrogens (tertiary/aromatic N) is 1. The van der Waals surface area contributed by atoms with E-state index < -0.39 is 24.4 Å². The van der Waals surface area contributed by atoms with Gasteiger partial charge in [-0.15, -0.1) is 0 Å². The molecule has 1 aliphatic heterocycles. The SMILES string of the molecule is CC1(C)OB(/C=C/c2cc(C(=O)F)cc(N)n2)OC1(C)C. The van der Waals surface area contributed by atoms with E-state index in [9.17, 15) is 9.18 Å². The molecule has 0 saturated carbocycles. The Morgan fingerprint density at radius 1 is 1.29 bits per heavy atom.